The van der Waals surface area contributed by atoms with Crippen LogP contribution in [0.1, 0.15) is 35.3 Å². The van der Waals surface area contributed by atoms with Gasteiger partial charge in [0.1, 0.15) is 18.7 Å². The summed E-state index contributed by atoms with van der Waals surface area (Å²) in [6.45, 7) is 5.00. The molecule has 7 heteroatoms. The quantitative estimate of drug-likeness (QED) is 0.703. The second kappa shape index (κ2) is 7.87. The summed E-state index contributed by atoms with van der Waals surface area (Å²) < 4.78 is 1.74. The molecule has 0 bridgehead atoms. The molecular weight excluding hydrogens is 366 g/mol. The molecule has 4 rings (SSSR count). The molecule has 1 atom stereocenters. The highest BCUT2D eigenvalue weighted by Gasteiger charge is 2.37. The van der Waals surface area contributed by atoms with Crippen molar-refractivity contribution in [3.63, 3.8) is 0 Å². The Kier molecular flexibility index (Phi) is 5.12. The summed E-state index contributed by atoms with van der Waals surface area (Å²) in [6, 6.07) is 14.6. The predicted octanol–water partition coefficient (Wildman–Crippen LogP) is 2.95. The van der Waals surface area contributed by atoms with Crippen molar-refractivity contribution in [3.05, 3.63) is 77.9 Å². The van der Waals surface area contributed by atoms with Gasteiger partial charge in [0, 0.05) is 17.8 Å². The molecule has 0 radical (unpaired) electrons. The van der Waals surface area contributed by atoms with Gasteiger partial charge < -0.3 is 10.2 Å². The average molecular weight is 389 g/mol. The Bertz CT molecular complexity index is 1010. The van der Waals surface area contributed by atoms with E-state index in [0.717, 1.165) is 11.1 Å². The number of carbonyl (C=O) groups is 2. The molecule has 7 nitrogen and oxygen atoms in total. The zero-order valence-corrected chi connectivity index (χ0v) is 16.4. The van der Waals surface area contributed by atoms with Crippen LogP contribution >= 0.6 is 0 Å². The fourth-order valence-electron chi connectivity index (χ4n) is 3.72. The number of aromatic nitrogens is 3. The number of hydrogen-bond donors (Lipinski definition) is 1. The van der Waals surface area contributed by atoms with Gasteiger partial charge in [-0.05, 0) is 35.2 Å². The average Bonchev–Trinajstić information content (AvgIpc) is 3.32. The molecule has 2 aromatic carbocycles. The van der Waals surface area contributed by atoms with E-state index in [1.807, 2.05) is 62.4 Å². The van der Waals surface area contributed by atoms with Gasteiger partial charge in [-0.2, -0.15) is 5.10 Å². The van der Waals surface area contributed by atoms with Gasteiger partial charge in [0.2, 0.25) is 5.91 Å². The summed E-state index contributed by atoms with van der Waals surface area (Å²) in [5.74, 6) is -0.275. The Morgan fingerprint density at radius 3 is 2.55 bits per heavy atom. The monoisotopic (exact) mass is 389 g/mol. The van der Waals surface area contributed by atoms with Gasteiger partial charge in [-0.1, -0.05) is 44.2 Å². The zero-order valence-electron chi connectivity index (χ0n) is 16.4. The summed E-state index contributed by atoms with van der Waals surface area (Å²) in [6.07, 6.45) is 3.16. The van der Waals surface area contributed by atoms with Crippen molar-refractivity contribution in [2.24, 2.45) is 5.92 Å². The smallest absolute Gasteiger partial charge is 0.255 e. The lowest BCUT2D eigenvalue weighted by Crippen LogP contribution is -2.47. The van der Waals surface area contributed by atoms with Crippen LogP contribution in [0.4, 0.5) is 5.69 Å². The molecule has 0 unspecified atom stereocenters. The Balaban J connectivity index is 1.46. The molecule has 1 aliphatic heterocycles. The summed E-state index contributed by atoms with van der Waals surface area (Å²) in [4.78, 5) is 31.5. The third-order valence-corrected chi connectivity index (χ3v) is 5.12. The lowest BCUT2D eigenvalue weighted by atomic mass is 10.0. The highest BCUT2D eigenvalue weighted by Crippen LogP contribution is 2.27. The molecule has 2 amide bonds. The van der Waals surface area contributed by atoms with Crippen molar-refractivity contribution in [1.82, 2.24) is 19.7 Å². The lowest BCUT2D eigenvalue weighted by Gasteiger charge is -2.30. The van der Waals surface area contributed by atoms with Gasteiger partial charge in [0.05, 0.1) is 6.54 Å². The first-order valence-electron chi connectivity index (χ1n) is 9.64. The minimum atomic E-state index is -0.537. The van der Waals surface area contributed by atoms with Crippen molar-refractivity contribution in [1.29, 1.82) is 0 Å². The Hall–Kier alpha value is -3.48. The predicted molar refractivity (Wildman–Crippen MR) is 109 cm³/mol. The van der Waals surface area contributed by atoms with E-state index >= 15 is 0 Å². The normalized spacial score (nSPS) is 14.2. The van der Waals surface area contributed by atoms with Crippen LogP contribution in [0.15, 0.2) is 61.2 Å². The van der Waals surface area contributed by atoms with Crippen LogP contribution in [0.3, 0.4) is 0 Å². The van der Waals surface area contributed by atoms with E-state index in [9.17, 15) is 9.59 Å². The van der Waals surface area contributed by atoms with E-state index in [1.54, 1.807) is 15.9 Å². The maximum Gasteiger partial charge on any atom is 0.255 e. The number of amides is 2. The van der Waals surface area contributed by atoms with Crippen LogP contribution in [0, 0.1) is 5.92 Å². The van der Waals surface area contributed by atoms with Gasteiger partial charge in [0.15, 0.2) is 0 Å². The van der Waals surface area contributed by atoms with Crippen LogP contribution in [0.5, 0.6) is 0 Å². The number of benzene rings is 2. The Morgan fingerprint density at radius 1 is 1.14 bits per heavy atom. The first-order valence-corrected chi connectivity index (χ1v) is 9.64. The zero-order chi connectivity index (χ0) is 20.4. The van der Waals surface area contributed by atoms with Crippen molar-refractivity contribution >= 4 is 17.5 Å². The highest BCUT2D eigenvalue weighted by atomic mass is 16.2. The second-order valence-electron chi connectivity index (χ2n) is 7.56. The van der Waals surface area contributed by atoms with Crippen LogP contribution in [0.25, 0.3) is 0 Å². The number of carbonyl (C=O) groups excluding carboxylic acids is 2. The van der Waals surface area contributed by atoms with Gasteiger partial charge in [-0.25, -0.2) is 9.67 Å². The van der Waals surface area contributed by atoms with Gasteiger partial charge in [0.25, 0.3) is 5.91 Å². The molecule has 0 aliphatic carbocycles. The number of rotatable bonds is 6. The highest BCUT2D eigenvalue weighted by molar-refractivity contribution is 6.03. The van der Waals surface area contributed by atoms with Crippen molar-refractivity contribution in [3.8, 4) is 0 Å². The summed E-state index contributed by atoms with van der Waals surface area (Å²) >= 11 is 0. The van der Waals surface area contributed by atoms with Crippen molar-refractivity contribution < 1.29 is 9.59 Å². The van der Waals surface area contributed by atoms with Crippen molar-refractivity contribution in [2.45, 2.75) is 33.0 Å². The molecule has 0 fully saturated rings. The van der Waals surface area contributed by atoms with Gasteiger partial charge in [-0.15, -0.1) is 0 Å². The minimum absolute atomic E-state index is 0.0140. The summed E-state index contributed by atoms with van der Waals surface area (Å²) in [5.41, 5.74) is 3.41. The molecule has 2 heterocycles. The molecule has 0 spiro atoms. The number of anilines is 1. The Labute approximate surface area is 169 Å². The van der Waals surface area contributed by atoms with E-state index in [2.05, 4.69) is 15.4 Å². The molecule has 29 heavy (non-hydrogen) atoms. The molecule has 3 aromatic rings. The van der Waals surface area contributed by atoms with Crippen LogP contribution in [0.2, 0.25) is 0 Å². The van der Waals surface area contributed by atoms with Crippen LogP contribution in [-0.2, 0) is 17.9 Å². The topological polar surface area (TPSA) is 80.1 Å². The molecule has 0 saturated carbocycles. The van der Waals surface area contributed by atoms with E-state index in [-0.39, 0.29) is 17.7 Å². The molecule has 1 aliphatic rings. The maximum absolute atomic E-state index is 13.1. The summed E-state index contributed by atoms with van der Waals surface area (Å²) in [5, 5.41) is 7.06. The van der Waals surface area contributed by atoms with Crippen LogP contribution < -0.4 is 5.32 Å². The molecule has 0 saturated heterocycles. The number of hydrogen-bond acceptors (Lipinski definition) is 4. The summed E-state index contributed by atoms with van der Waals surface area (Å²) in [7, 11) is 0. The van der Waals surface area contributed by atoms with E-state index in [1.165, 1.54) is 6.33 Å². The first kappa shape index (κ1) is 18.9. The van der Waals surface area contributed by atoms with E-state index in [0.29, 0.717) is 24.3 Å². The minimum Gasteiger partial charge on any atom is -0.324 e. The number of nitrogens with one attached hydrogen (secondary N) is 1. The van der Waals surface area contributed by atoms with Crippen molar-refractivity contribution in [2.75, 3.05) is 5.32 Å². The first-order chi connectivity index (χ1) is 14.0. The number of fused-ring (bicyclic) bond motifs is 1. The largest absolute Gasteiger partial charge is 0.324 e. The SMILES string of the molecule is CC(C)[C@H](C(=O)Nc1ccc(Cn2cncn2)cc1)N1Cc2ccccc2C1=O. The molecule has 1 aromatic heterocycles. The third-order valence-electron chi connectivity index (χ3n) is 5.12. The standard InChI is InChI=1S/C22H23N5O2/c1-15(2)20(27-12-17-5-3-4-6-19(17)22(27)29)21(28)25-18-9-7-16(8-10-18)11-26-14-23-13-24-26/h3-10,13-15,20H,11-12H2,1-2H3,(H,25,28)/t20-/m1/s1. The lowest BCUT2D eigenvalue weighted by molar-refractivity contribution is -0.122. The fourth-order valence-corrected chi connectivity index (χ4v) is 3.72. The van der Waals surface area contributed by atoms with Gasteiger partial charge >= 0.3 is 0 Å². The van der Waals surface area contributed by atoms with E-state index < -0.39 is 6.04 Å². The van der Waals surface area contributed by atoms with E-state index in [4.69, 9.17) is 0 Å². The molecule has 148 valence electrons. The Morgan fingerprint density at radius 2 is 1.90 bits per heavy atom. The van der Waals surface area contributed by atoms with Crippen LogP contribution in [-0.4, -0.2) is 37.5 Å². The van der Waals surface area contributed by atoms with Gasteiger partial charge in [-0.3, -0.25) is 9.59 Å². The molecule has 1 N–H and O–H groups in total. The fraction of sp³-hybridized carbons (Fsp3) is 0.273. The third kappa shape index (κ3) is 3.89. The molecular formula is C22H23N5O2. The number of nitrogens with zero attached hydrogens (tertiary/aromatic N) is 4. The maximum atomic E-state index is 13.1. The second-order valence-corrected chi connectivity index (χ2v) is 7.56.